The third-order valence-corrected chi connectivity index (χ3v) is 0.740. The molecule has 0 aromatic heterocycles. The Morgan fingerprint density at radius 3 is 2.50 bits per heavy atom. The molecule has 10 heavy (non-hydrogen) atoms. The molecule has 1 atom stereocenters. The van der Waals surface area contributed by atoms with Crippen molar-refractivity contribution in [3.05, 3.63) is 0 Å². The maximum absolute atomic E-state index is 10.4. The lowest BCUT2D eigenvalue weighted by Gasteiger charge is -2.03. The fourth-order valence-corrected chi connectivity index (χ4v) is 0.306. The van der Waals surface area contributed by atoms with Gasteiger partial charge in [-0.3, -0.25) is 4.79 Å². The molecule has 58 valence electrons. The fraction of sp³-hybridized carbons (Fsp3) is 0.600. The van der Waals surface area contributed by atoms with Gasteiger partial charge in [-0.05, 0) is 0 Å². The second-order valence-corrected chi connectivity index (χ2v) is 1.66. The highest BCUT2D eigenvalue weighted by Gasteiger charge is 2.15. The SMILES string of the molecule is CC(=O)OC(=O)C(O)CN. The molecule has 1 unspecified atom stereocenters. The first-order chi connectivity index (χ1) is 4.57. The van der Waals surface area contributed by atoms with Crippen molar-refractivity contribution in [1.29, 1.82) is 0 Å². The van der Waals surface area contributed by atoms with E-state index in [9.17, 15) is 9.59 Å². The number of rotatable bonds is 2. The van der Waals surface area contributed by atoms with Gasteiger partial charge >= 0.3 is 11.9 Å². The minimum atomic E-state index is -1.40. The Hall–Kier alpha value is -0.940. The molecule has 0 saturated heterocycles. The number of aliphatic hydroxyl groups excluding tert-OH is 1. The van der Waals surface area contributed by atoms with Gasteiger partial charge in [0.15, 0.2) is 6.10 Å². The molecule has 0 fully saturated rings. The van der Waals surface area contributed by atoms with Crippen LogP contribution < -0.4 is 5.73 Å². The molecule has 0 rings (SSSR count). The number of hydrogen-bond donors (Lipinski definition) is 2. The van der Waals surface area contributed by atoms with E-state index in [0.29, 0.717) is 0 Å². The van der Waals surface area contributed by atoms with Crippen LogP contribution in [-0.4, -0.2) is 29.7 Å². The first-order valence-corrected chi connectivity index (χ1v) is 2.68. The summed E-state index contributed by atoms with van der Waals surface area (Å²) in [5.74, 6) is -1.76. The molecule has 0 saturated carbocycles. The van der Waals surface area contributed by atoms with Crippen molar-refractivity contribution in [3.8, 4) is 0 Å². The summed E-state index contributed by atoms with van der Waals surface area (Å²) in [5, 5.41) is 8.62. The van der Waals surface area contributed by atoms with Crippen LogP contribution in [0.5, 0.6) is 0 Å². The van der Waals surface area contributed by atoms with Gasteiger partial charge in [0.1, 0.15) is 0 Å². The van der Waals surface area contributed by atoms with E-state index >= 15 is 0 Å². The van der Waals surface area contributed by atoms with E-state index < -0.39 is 18.0 Å². The number of carbonyl (C=O) groups excluding carboxylic acids is 2. The van der Waals surface area contributed by atoms with Crippen molar-refractivity contribution in [3.63, 3.8) is 0 Å². The molecule has 5 heteroatoms. The van der Waals surface area contributed by atoms with E-state index in [1.807, 2.05) is 0 Å². The predicted octanol–water partition coefficient (Wildman–Crippen LogP) is -1.60. The van der Waals surface area contributed by atoms with Gasteiger partial charge in [-0.1, -0.05) is 0 Å². The smallest absolute Gasteiger partial charge is 0.343 e. The van der Waals surface area contributed by atoms with Crippen LogP contribution in [0.15, 0.2) is 0 Å². The van der Waals surface area contributed by atoms with E-state index in [1.54, 1.807) is 0 Å². The summed E-state index contributed by atoms with van der Waals surface area (Å²) in [7, 11) is 0. The minimum absolute atomic E-state index is 0.244. The summed E-state index contributed by atoms with van der Waals surface area (Å²) in [4.78, 5) is 20.5. The summed E-state index contributed by atoms with van der Waals surface area (Å²) in [6.07, 6.45) is -1.40. The lowest BCUT2D eigenvalue weighted by Crippen LogP contribution is -2.31. The van der Waals surface area contributed by atoms with Gasteiger partial charge in [-0.15, -0.1) is 0 Å². The number of hydrogen-bond acceptors (Lipinski definition) is 5. The van der Waals surface area contributed by atoms with Crippen LogP contribution in [0.4, 0.5) is 0 Å². The van der Waals surface area contributed by atoms with Crippen molar-refractivity contribution in [1.82, 2.24) is 0 Å². The monoisotopic (exact) mass is 147 g/mol. The highest BCUT2D eigenvalue weighted by atomic mass is 16.6. The summed E-state index contributed by atoms with van der Waals surface area (Å²) < 4.78 is 4.00. The van der Waals surface area contributed by atoms with Gasteiger partial charge in [0, 0.05) is 13.5 Å². The molecular formula is C5H9NO4. The lowest BCUT2D eigenvalue weighted by molar-refractivity contribution is -0.164. The molecular weight excluding hydrogens is 138 g/mol. The van der Waals surface area contributed by atoms with Crippen LogP contribution in [0.1, 0.15) is 6.92 Å². The third kappa shape index (κ3) is 3.16. The standard InChI is InChI=1S/C5H9NO4/c1-3(7)10-5(9)4(8)2-6/h4,8H,2,6H2,1H3. The predicted molar refractivity (Wildman–Crippen MR) is 31.8 cm³/mol. The van der Waals surface area contributed by atoms with Crippen molar-refractivity contribution in [2.45, 2.75) is 13.0 Å². The van der Waals surface area contributed by atoms with Crippen LogP contribution in [0, 0.1) is 0 Å². The molecule has 0 amide bonds. The Bertz CT molecular complexity index is 145. The number of esters is 2. The molecule has 0 spiro atoms. The largest absolute Gasteiger partial charge is 0.391 e. The second-order valence-electron chi connectivity index (χ2n) is 1.66. The van der Waals surface area contributed by atoms with E-state index in [-0.39, 0.29) is 6.54 Å². The second kappa shape index (κ2) is 3.97. The number of carbonyl (C=O) groups is 2. The van der Waals surface area contributed by atoms with E-state index in [2.05, 4.69) is 4.74 Å². The highest BCUT2D eigenvalue weighted by Crippen LogP contribution is 1.85. The van der Waals surface area contributed by atoms with Gasteiger partial charge in [-0.25, -0.2) is 4.79 Å². The Kier molecular flexibility index (Phi) is 3.60. The van der Waals surface area contributed by atoms with E-state index in [4.69, 9.17) is 10.8 Å². The quantitative estimate of drug-likeness (QED) is 0.362. The molecule has 0 aromatic carbocycles. The molecule has 0 aliphatic rings. The summed E-state index contributed by atoms with van der Waals surface area (Å²) in [6.45, 7) is 0.827. The van der Waals surface area contributed by atoms with Crippen LogP contribution in [0.25, 0.3) is 0 Å². The Balaban J connectivity index is 3.73. The maximum atomic E-state index is 10.4. The van der Waals surface area contributed by atoms with Gasteiger partial charge in [0.25, 0.3) is 0 Å². The van der Waals surface area contributed by atoms with Gasteiger partial charge in [0.05, 0.1) is 0 Å². The van der Waals surface area contributed by atoms with Crippen molar-refractivity contribution >= 4 is 11.9 Å². The normalized spacial score (nSPS) is 12.3. The molecule has 0 aliphatic heterocycles. The van der Waals surface area contributed by atoms with Crippen LogP contribution in [0.2, 0.25) is 0 Å². The van der Waals surface area contributed by atoms with Crippen molar-refractivity contribution in [2.75, 3.05) is 6.54 Å². The highest BCUT2D eigenvalue weighted by molar-refractivity contribution is 5.86. The summed E-state index contributed by atoms with van der Waals surface area (Å²) >= 11 is 0. The maximum Gasteiger partial charge on any atom is 0.343 e. The van der Waals surface area contributed by atoms with Crippen LogP contribution >= 0.6 is 0 Å². The first-order valence-electron chi connectivity index (χ1n) is 2.68. The average Bonchev–Trinajstić information content (AvgIpc) is 1.85. The fourth-order valence-electron chi connectivity index (χ4n) is 0.306. The zero-order valence-electron chi connectivity index (χ0n) is 5.53. The average molecular weight is 147 g/mol. The van der Waals surface area contributed by atoms with Crippen molar-refractivity contribution < 1.29 is 19.4 Å². The van der Waals surface area contributed by atoms with Crippen LogP contribution in [-0.2, 0) is 14.3 Å². The molecule has 0 heterocycles. The Morgan fingerprint density at radius 1 is 1.70 bits per heavy atom. The number of nitrogens with two attached hydrogens (primary N) is 1. The topological polar surface area (TPSA) is 89.6 Å². The van der Waals surface area contributed by atoms with Gasteiger partial charge in [0.2, 0.25) is 0 Å². The van der Waals surface area contributed by atoms with Crippen LogP contribution in [0.3, 0.4) is 0 Å². The Morgan fingerprint density at radius 2 is 2.20 bits per heavy atom. The number of ether oxygens (including phenoxy) is 1. The van der Waals surface area contributed by atoms with Gasteiger partial charge in [-0.2, -0.15) is 0 Å². The van der Waals surface area contributed by atoms with Gasteiger partial charge < -0.3 is 15.6 Å². The third-order valence-electron chi connectivity index (χ3n) is 0.740. The molecule has 3 N–H and O–H groups in total. The molecule has 5 nitrogen and oxygen atoms in total. The zero-order valence-corrected chi connectivity index (χ0v) is 5.53. The first kappa shape index (κ1) is 9.06. The molecule has 0 aromatic rings. The Labute approximate surface area is 57.8 Å². The summed E-state index contributed by atoms with van der Waals surface area (Å²) in [6, 6.07) is 0. The minimum Gasteiger partial charge on any atom is -0.391 e. The van der Waals surface area contributed by atoms with E-state index in [0.717, 1.165) is 6.92 Å². The molecule has 0 bridgehead atoms. The van der Waals surface area contributed by atoms with Crippen molar-refractivity contribution in [2.24, 2.45) is 5.73 Å². The molecule has 0 aliphatic carbocycles. The van der Waals surface area contributed by atoms with E-state index in [1.165, 1.54) is 0 Å². The summed E-state index contributed by atoms with van der Waals surface area (Å²) in [5.41, 5.74) is 4.89. The zero-order chi connectivity index (χ0) is 8.15. The molecule has 0 radical (unpaired) electrons. The lowest BCUT2D eigenvalue weighted by atomic mass is 10.4. The number of aliphatic hydroxyl groups is 1.